The molecule has 1 spiro atoms. The predicted molar refractivity (Wildman–Crippen MR) is 66.0 cm³/mol. The van der Waals surface area contributed by atoms with Crippen molar-refractivity contribution in [1.29, 1.82) is 0 Å². The molecule has 0 amide bonds. The Morgan fingerprint density at radius 3 is 2.88 bits per heavy atom. The van der Waals surface area contributed by atoms with E-state index in [1.165, 1.54) is 25.7 Å². The van der Waals surface area contributed by atoms with Crippen LogP contribution in [0, 0.1) is 28.6 Å². The number of rotatable bonds is 1. The second-order valence-electron chi connectivity index (χ2n) is 6.80. The summed E-state index contributed by atoms with van der Waals surface area (Å²) in [7, 11) is 0. The predicted octanol–water partition coefficient (Wildman–Crippen LogP) is 3.39. The molecule has 5 atom stereocenters. The first-order chi connectivity index (χ1) is 7.55. The standard InChI is InChI=1S/C15H24O/c1-10-6-7-15-11(2)4-5-12(15)14(3,9-16)13(15)8-10/h8,11-13,16H,4-7,9H2,1-3H3/t11-,12+,13+,14+,15+/m0/s1. The molecule has 0 aromatic heterocycles. The van der Waals surface area contributed by atoms with Gasteiger partial charge in [0.2, 0.25) is 0 Å². The Kier molecular flexibility index (Phi) is 2.12. The first kappa shape index (κ1) is 10.8. The van der Waals surface area contributed by atoms with E-state index >= 15 is 0 Å². The van der Waals surface area contributed by atoms with Crippen LogP contribution in [-0.2, 0) is 0 Å². The Bertz CT molecular complexity index is 345. The third kappa shape index (κ3) is 0.971. The van der Waals surface area contributed by atoms with Crippen molar-refractivity contribution < 1.29 is 5.11 Å². The molecule has 0 unspecified atom stereocenters. The maximum atomic E-state index is 9.77. The van der Waals surface area contributed by atoms with E-state index < -0.39 is 0 Å². The Morgan fingerprint density at radius 2 is 2.19 bits per heavy atom. The highest BCUT2D eigenvalue weighted by Gasteiger charge is 2.70. The molecule has 0 radical (unpaired) electrons. The molecule has 0 aromatic carbocycles. The first-order valence-electron chi connectivity index (χ1n) is 6.84. The van der Waals surface area contributed by atoms with Crippen LogP contribution in [0.25, 0.3) is 0 Å². The Balaban J connectivity index is 2.04. The largest absolute Gasteiger partial charge is 0.396 e. The van der Waals surface area contributed by atoms with Crippen LogP contribution in [-0.4, -0.2) is 11.7 Å². The van der Waals surface area contributed by atoms with Gasteiger partial charge in [-0.2, -0.15) is 0 Å². The lowest BCUT2D eigenvalue weighted by Crippen LogP contribution is -2.64. The molecule has 0 heterocycles. The van der Waals surface area contributed by atoms with E-state index in [2.05, 4.69) is 26.8 Å². The average molecular weight is 220 g/mol. The molecular formula is C15H24O. The second kappa shape index (κ2) is 3.13. The highest BCUT2D eigenvalue weighted by molar-refractivity contribution is 5.28. The number of hydrogen-bond acceptors (Lipinski definition) is 1. The van der Waals surface area contributed by atoms with Crippen LogP contribution < -0.4 is 0 Å². The number of aliphatic hydroxyl groups excluding tert-OH is 1. The maximum absolute atomic E-state index is 9.77. The van der Waals surface area contributed by atoms with Crippen molar-refractivity contribution in [1.82, 2.24) is 0 Å². The summed E-state index contributed by atoms with van der Waals surface area (Å²) < 4.78 is 0. The molecule has 3 rings (SSSR count). The molecule has 0 bridgehead atoms. The highest BCUT2D eigenvalue weighted by atomic mass is 16.3. The van der Waals surface area contributed by atoms with Gasteiger partial charge in [-0.05, 0) is 55.8 Å². The minimum atomic E-state index is 0.187. The van der Waals surface area contributed by atoms with Crippen molar-refractivity contribution in [2.45, 2.75) is 46.5 Å². The molecule has 0 aromatic rings. The Labute approximate surface area is 98.9 Å². The van der Waals surface area contributed by atoms with Crippen molar-refractivity contribution in [2.24, 2.45) is 28.6 Å². The molecule has 0 aliphatic heterocycles. The van der Waals surface area contributed by atoms with Crippen molar-refractivity contribution in [2.75, 3.05) is 6.61 Å². The maximum Gasteiger partial charge on any atom is 0.0493 e. The van der Waals surface area contributed by atoms with Gasteiger partial charge in [0.15, 0.2) is 0 Å². The van der Waals surface area contributed by atoms with Gasteiger partial charge in [-0.25, -0.2) is 0 Å². The molecule has 0 saturated heterocycles. The summed E-state index contributed by atoms with van der Waals surface area (Å²) in [5.41, 5.74) is 2.30. The zero-order valence-corrected chi connectivity index (χ0v) is 10.8. The molecule has 1 nitrogen and oxygen atoms in total. The van der Waals surface area contributed by atoms with Gasteiger partial charge < -0.3 is 5.11 Å². The van der Waals surface area contributed by atoms with E-state index in [-0.39, 0.29) is 5.41 Å². The fraction of sp³-hybridized carbons (Fsp3) is 0.867. The topological polar surface area (TPSA) is 20.2 Å². The minimum absolute atomic E-state index is 0.187. The van der Waals surface area contributed by atoms with E-state index in [0.29, 0.717) is 17.9 Å². The summed E-state index contributed by atoms with van der Waals surface area (Å²) in [5, 5.41) is 9.77. The number of allylic oxidation sites excluding steroid dienone is 2. The first-order valence-corrected chi connectivity index (χ1v) is 6.84. The average Bonchev–Trinajstić information content (AvgIpc) is 2.56. The molecule has 3 aliphatic rings. The van der Waals surface area contributed by atoms with Crippen molar-refractivity contribution >= 4 is 0 Å². The van der Waals surface area contributed by atoms with E-state index in [1.807, 2.05) is 0 Å². The smallest absolute Gasteiger partial charge is 0.0493 e. The summed E-state index contributed by atoms with van der Waals surface area (Å²) in [6.45, 7) is 7.39. The van der Waals surface area contributed by atoms with Crippen LogP contribution in [0.15, 0.2) is 11.6 Å². The summed E-state index contributed by atoms with van der Waals surface area (Å²) >= 11 is 0. The van der Waals surface area contributed by atoms with Gasteiger partial charge in [0, 0.05) is 12.0 Å². The SMILES string of the molecule is CC1=C[C@@H]2[C@](C)(CO)[C@H]3CC[C@H](C)[C@@]23CC1. The molecular weight excluding hydrogens is 196 g/mol. The van der Waals surface area contributed by atoms with Crippen molar-refractivity contribution in [3.05, 3.63) is 11.6 Å². The zero-order valence-electron chi connectivity index (χ0n) is 10.8. The van der Waals surface area contributed by atoms with Crippen LogP contribution in [0.4, 0.5) is 0 Å². The molecule has 16 heavy (non-hydrogen) atoms. The lowest BCUT2D eigenvalue weighted by atomic mass is 9.36. The van der Waals surface area contributed by atoms with Crippen LogP contribution >= 0.6 is 0 Å². The van der Waals surface area contributed by atoms with Crippen molar-refractivity contribution in [3.63, 3.8) is 0 Å². The lowest BCUT2D eigenvalue weighted by molar-refractivity contribution is -0.195. The summed E-state index contributed by atoms with van der Waals surface area (Å²) in [6.07, 6.45) is 7.89. The van der Waals surface area contributed by atoms with Gasteiger partial charge >= 0.3 is 0 Å². The molecule has 1 N–H and O–H groups in total. The van der Waals surface area contributed by atoms with Gasteiger partial charge in [0.05, 0.1) is 0 Å². The molecule has 2 fully saturated rings. The van der Waals surface area contributed by atoms with Gasteiger partial charge in [-0.15, -0.1) is 0 Å². The third-order valence-electron chi connectivity index (χ3n) is 6.28. The van der Waals surface area contributed by atoms with E-state index in [0.717, 1.165) is 11.8 Å². The Hall–Kier alpha value is -0.300. The minimum Gasteiger partial charge on any atom is -0.396 e. The summed E-state index contributed by atoms with van der Waals surface area (Å²) in [6, 6.07) is 0. The van der Waals surface area contributed by atoms with Crippen LogP contribution in [0.3, 0.4) is 0 Å². The van der Waals surface area contributed by atoms with Gasteiger partial charge in [-0.1, -0.05) is 25.5 Å². The van der Waals surface area contributed by atoms with E-state index in [9.17, 15) is 5.11 Å². The third-order valence-corrected chi connectivity index (χ3v) is 6.28. The fourth-order valence-corrected chi connectivity index (χ4v) is 5.41. The van der Waals surface area contributed by atoms with Gasteiger partial charge in [-0.3, -0.25) is 0 Å². The van der Waals surface area contributed by atoms with E-state index in [4.69, 9.17) is 0 Å². The molecule has 90 valence electrons. The molecule has 2 saturated carbocycles. The van der Waals surface area contributed by atoms with Crippen LogP contribution in [0.5, 0.6) is 0 Å². The monoisotopic (exact) mass is 220 g/mol. The second-order valence-corrected chi connectivity index (χ2v) is 6.80. The van der Waals surface area contributed by atoms with Crippen LogP contribution in [0.1, 0.15) is 46.5 Å². The molecule has 1 heteroatoms. The molecule has 3 aliphatic carbocycles. The van der Waals surface area contributed by atoms with Crippen molar-refractivity contribution in [3.8, 4) is 0 Å². The zero-order chi connectivity index (χ0) is 11.6. The fourth-order valence-electron chi connectivity index (χ4n) is 5.41. The number of aliphatic hydroxyl groups is 1. The van der Waals surface area contributed by atoms with Crippen LogP contribution in [0.2, 0.25) is 0 Å². The summed E-state index contributed by atoms with van der Waals surface area (Å²) in [5.74, 6) is 2.31. The normalized spacial score (nSPS) is 55.0. The van der Waals surface area contributed by atoms with E-state index in [1.54, 1.807) is 5.57 Å². The van der Waals surface area contributed by atoms with Gasteiger partial charge in [0.25, 0.3) is 0 Å². The summed E-state index contributed by atoms with van der Waals surface area (Å²) in [4.78, 5) is 0. The van der Waals surface area contributed by atoms with Gasteiger partial charge in [0.1, 0.15) is 0 Å². The number of hydrogen-bond donors (Lipinski definition) is 1. The quantitative estimate of drug-likeness (QED) is 0.672. The lowest BCUT2D eigenvalue weighted by Gasteiger charge is -2.68. The highest BCUT2D eigenvalue weighted by Crippen LogP contribution is 2.75. The Morgan fingerprint density at radius 1 is 1.44 bits per heavy atom.